The van der Waals surface area contributed by atoms with Crippen molar-refractivity contribution in [3.63, 3.8) is 0 Å². The van der Waals surface area contributed by atoms with Crippen molar-refractivity contribution in [2.45, 2.75) is 71.8 Å². The second-order valence-electron chi connectivity index (χ2n) is 7.11. The third-order valence-corrected chi connectivity index (χ3v) is 4.09. The summed E-state index contributed by atoms with van der Waals surface area (Å²) in [6.45, 7) is 9.51. The monoisotopic (exact) mass is 264 g/mol. The summed E-state index contributed by atoms with van der Waals surface area (Å²) < 4.78 is 2.37. The molecule has 1 aliphatic carbocycles. The molecule has 1 atom stereocenters. The summed E-state index contributed by atoms with van der Waals surface area (Å²) in [6.07, 6.45) is 6.24. The topological polar surface area (TPSA) is 56.7 Å². The molecule has 19 heavy (non-hydrogen) atoms. The van der Waals surface area contributed by atoms with Crippen molar-refractivity contribution in [3.05, 3.63) is 11.6 Å². The lowest BCUT2D eigenvalue weighted by atomic mass is 9.84. The van der Waals surface area contributed by atoms with Gasteiger partial charge < -0.3 is 10.3 Å². The van der Waals surface area contributed by atoms with Crippen molar-refractivity contribution in [2.75, 3.05) is 6.54 Å². The largest absolute Gasteiger partial charge is 0.330 e. The van der Waals surface area contributed by atoms with E-state index in [0.29, 0.717) is 18.5 Å². The fraction of sp³-hybridized carbons (Fsp3) is 0.867. The lowest BCUT2D eigenvalue weighted by Gasteiger charge is -2.26. The molecule has 0 saturated heterocycles. The maximum Gasteiger partial charge on any atom is 0.137 e. The van der Waals surface area contributed by atoms with Gasteiger partial charge in [-0.1, -0.05) is 33.6 Å². The predicted octanol–water partition coefficient (Wildman–Crippen LogP) is 3.18. The van der Waals surface area contributed by atoms with Crippen LogP contribution in [0.5, 0.6) is 0 Å². The van der Waals surface area contributed by atoms with Crippen LogP contribution in [0.3, 0.4) is 0 Å². The number of hydrogen-bond acceptors (Lipinski definition) is 3. The van der Waals surface area contributed by atoms with Crippen LogP contribution in [0.1, 0.15) is 76.5 Å². The molecule has 1 saturated carbocycles. The highest BCUT2D eigenvalue weighted by atomic mass is 15.3. The highest BCUT2D eigenvalue weighted by molar-refractivity contribution is 5.06. The molecule has 0 radical (unpaired) electrons. The van der Waals surface area contributed by atoms with Crippen molar-refractivity contribution in [1.82, 2.24) is 14.8 Å². The van der Waals surface area contributed by atoms with Crippen molar-refractivity contribution in [1.29, 1.82) is 0 Å². The van der Waals surface area contributed by atoms with Crippen LogP contribution in [0, 0.1) is 12.3 Å². The lowest BCUT2D eigenvalue weighted by Crippen LogP contribution is -2.24. The first-order valence-electron chi connectivity index (χ1n) is 7.54. The average Bonchev–Trinajstić information content (AvgIpc) is 2.93. The molecular weight excluding hydrogens is 236 g/mol. The summed E-state index contributed by atoms with van der Waals surface area (Å²) in [4.78, 5) is 0. The van der Waals surface area contributed by atoms with Crippen molar-refractivity contribution in [3.8, 4) is 0 Å². The highest BCUT2D eigenvalue weighted by Crippen LogP contribution is 2.35. The Bertz CT molecular complexity index is 410. The summed E-state index contributed by atoms with van der Waals surface area (Å²) in [5, 5.41) is 8.77. The van der Waals surface area contributed by atoms with Crippen LogP contribution in [0.25, 0.3) is 0 Å². The fourth-order valence-corrected chi connectivity index (χ4v) is 3.30. The Kier molecular flexibility index (Phi) is 4.29. The number of aromatic nitrogens is 3. The van der Waals surface area contributed by atoms with E-state index in [4.69, 9.17) is 5.73 Å². The number of nitrogens with zero attached hydrogens (tertiary/aromatic N) is 3. The van der Waals surface area contributed by atoms with E-state index in [1.807, 2.05) is 0 Å². The van der Waals surface area contributed by atoms with Crippen molar-refractivity contribution >= 4 is 0 Å². The first kappa shape index (κ1) is 14.5. The van der Waals surface area contributed by atoms with E-state index in [1.165, 1.54) is 25.7 Å². The van der Waals surface area contributed by atoms with Gasteiger partial charge in [0.1, 0.15) is 11.6 Å². The van der Waals surface area contributed by atoms with E-state index >= 15 is 0 Å². The molecule has 2 rings (SSSR count). The Labute approximate surface area is 116 Å². The molecule has 2 N–H and O–H groups in total. The van der Waals surface area contributed by atoms with E-state index in [2.05, 4.69) is 42.5 Å². The summed E-state index contributed by atoms with van der Waals surface area (Å²) in [7, 11) is 0. The van der Waals surface area contributed by atoms with E-state index in [1.54, 1.807) is 0 Å². The minimum Gasteiger partial charge on any atom is -0.330 e. The van der Waals surface area contributed by atoms with E-state index in [-0.39, 0.29) is 5.41 Å². The molecule has 0 spiro atoms. The number of hydrogen-bond donors (Lipinski definition) is 1. The van der Waals surface area contributed by atoms with Gasteiger partial charge in [-0.2, -0.15) is 0 Å². The molecule has 1 aliphatic rings. The van der Waals surface area contributed by atoms with Gasteiger partial charge in [-0.05, 0) is 31.6 Å². The summed E-state index contributed by atoms with van der Waals surface area (Å²) in [6, 6.07) is 0.596. The molecule has 1 fully saturated rings. The second-order valence-corrected chi connectivity index (χ2v) is 7.11. The van der Waals surface area contributed by atoms with Crippen LogP contribution in [0.4, 0.5) is 0 Å². The summed E-state index contributed by atoms with van der Waals surface area (Å²) in [5.74, 6) is 2.48. The molecule has 1 aromatic rings. The molecule has 0 aliphatic heterocycles. The van der Waals surface area contributed by atoms with Gasteiger partial charge in [0.2, 0.25) is 0 Å². The average molecular weight is 264 g/mol. The minimum atomic E-state index is 0.268. The molecule has 1 aromatic heterocycles. The minimum absolute atomic E-state index is 0.268. The molecule has 1 unspecified atom stereocenters. The standard InChI is InChI=1S/C15H28N4/c1-11-17-18-14(12(10-16)9-15(2,3)4)19(11)13-7-5-6-8-13/h12-13H,5-10,16H2,1-4H3. The van der Waals surface area contributed by atoms with Crippen LogP contribution >= 0.6 is 0 Å². The number of aryl methyl sites for hydroxylation is 1. The zero-order valence-corrected chi connectivity index (χ0v) is 12.8. The number of rotatable bonds is 4. The molecule has 4 nitrogen and oxygen atoms in total. The van der Waals surface area contributed by atoms with Gasteiger partial charge in [-0.25, -0.2) is 0 Å². The third kappa shape index (κ3) is 3.35. The van der Waals surface area contributed by atoms with Crippen LogP contribution in [-0.4, -0.2) is 21.3 Å². The second kappa shape index (κ2) is 5.61. The van der Waals surface area contributed by atoms with Gasteiger partial charge in [0.15, 0.2) is 0 Å². The van der Waals surface area contributed by atoms with Gasteiger partial charge in [-0.15, -0.1) is 10.2 Å². The van der Waals surface area contributed by atoms with E-state index in [0.717, 1.165) is 18.1 Å². The normalized spacial score (nSPS) is 19.0. The predicted molar refractivity (Wildman–Crippen MR) is 78.1 cm³/mol. The van der Waals surface area contributed by atoms with Crippen molar-refractivity contribution in [2.24, 2.45) is 11.1 Å². The highest BCUT2D eigenvalue weighted by Gasteiger charge is 2.28. The quantitative estimate of drug-likeness (QED) is 0.908. The number of nitrogens with two attached hydrogens (primary N) is 1. The molecule has 0 aromatic carbocycles. The van der Waals surface area contributed by atoms with Crippen LogP contribution in [0.2, 0.25) is 0 Å². The Morgan fingerprint density at radius 3 is 2.42 bits per heavy atom. The van der Waals surface area contributed by atoms with Gasteiger partial charge in [0.25, 0.3) is 0 Å². The first-order valence-corrected chi connectivity index (χ1v) is 7.54. The smallest absolute Gasteiger partial charge is 0.137 e. The Hall–Kier alpha value is -0.900. The molecule has 4 heteroatoms. The fourth-order valence-electron chi connectivity index (χ4n) is 3.30. The molecule has 0 amide bonds. The van der Waals surface area contributed by atoms with E-state index in [9.17, 15) is 0 Å². The Morgan fingerprint density at radius 1 is 1.26 bits per heavy atom. The maximum atomic E-state index is 6.01. The Balaban J connectivity index is 2.27. The maximum absolute atomic E-state index is 6.01. The molecule has 1 heterocycles. The van der Waals surface area contributed by atoms with Gasteiger partial charge in [-0.3, -0.25) is 0 Å². The lowest BCUT2D eigenvalue weighted by molar-refractivity contribution is 0.325. The van der Waals surface area contributed by atoms with Crippen LogP contribution in [0.15, 0.2) is 0 Å². The van der Waals surface area contributed by atoms with Gasteiger partial charge in [0.05, 0.1) is 0 Å². The molecule has 108 valence electrons. The van der Waals surface area contributed by atoms with Crippen LogP contribution in [-0.2, 0) is 0 Å². The molecular formula is C15H28N4. The zero-order chi connectivity index (χ0) is 14.0. The van der Waals surface area contributed by atoms with Gasteiger partial charge >= 0.3 is 0 Å². The summed E-state index contributed by atoms with van der Waals surface area (Å²) in [5.41, 5.74) is 6.28. The van der Waals surface area contributed by atoms with Crippen molar-refractivity contribution < 1.29 is 0 Å². The van der Waals surface area contributed by atoms with Gasteiger partial charge in [0, 0.05) is 18.5 Å². The first-order chi connectivity index (χ1) is 8.92. The summed E-state index contributed by atoms with van der Waals surface area (Å²) >= 11 is 0. The SMILES string of the molecule is Cc1nnc(C(CN)CC(C)(C)C)n1C1CCCC1. The van der Waals surface area contributed by atoms with E-state index < -0.39 is 0 Å². The Morgan fingerprint density at radius 2 is 1.89 bits per heavy atom. The zero-order valence-electron chi connectivity index (χ0n) is 12.8. The van der Waals surface area contributed by atoms with Crippen LogP contribution < -0.4 is 5.73 Å². The third-order valence-electron chi connectivity index (χ3n) is 4.09. The molecule has 0 bridgehead atoms.